The summed E-state index contributed by atoms with van der Waals surface area (Å²) in [5.74, 6) is 0.971. The van der Waals surface area contributed by atoms with E-state index in [1.54, 1.807) is 7.11 Å². The van der Waals surface area contributed by atoms with Crippen LogP contribution in [-0.2, 0) is 4.74 Å². The lowest BCUT2D eigenvalue weighted by Gasteiger charge is -2.07. The molecule has 0 saturated heterocycles. The number of ether oxygens (including phenoxy) is 2. The first-order valence-electron chi connectivity index (χ1n) is 4.52. The zero-order valence-corrected chi connectivity index (χ0v) is 8.25. The fourth-order valence-electron chi connectivity index (χ4n) is 1.10. The van der Waals surface area contributed by atoms with Gasteiger partial charge in [-0.25, -0.2) is 0 Å². The van der Waals surface area contributed by atoms with E-state index < -0.39 is 0 Å². The van der Waals surface area contributed by atoms with Gasteiger partial charge in [0.1, 0.15) is 5.75 Å². The van der Waals surface area contributed by atoms with Crippen LogP contribution in [0.1, 0.15) is 12.0 Å². The molecular formula is C11H16O2. The van der Waals surface area contributed by atoms with Gasteiger partial charge < -0.3 is 9.47 Å². The molecule has 0 bridgehead atoms. The molecule has 1 aromatic rings. The van der Waals surface area contributed by atoms with Crippen molar-refractivity contribution in [1.29, 1.82) is 0 Å². The summed E-state index contributed by atoms with van der Waals surface area (Å²) in [6, 6.07) is 8.03. The van der Waals surface area contributed by atoms with Crippen LogP contribution in [0.2, 0.25) is 0 Å². The van der Waals surface area contributed by atoms with Crippen LogP contribution in [0.5, 0.6) is 5.75 Å². The minimum absolute atomic E-state index is 0.721. The summed E-state index contributed by atoms with van der Waals surface area (Å²) >= 11 is 0. The van der Waals surface area contributed by atoms with E-state index in [0.29, 0.717) is 0 Å². The maximum atomic E-state index is 5.56. The number of benzene rings is 1. The zero-order chi connectivity index (χ0) is 9.52. The Morgan fingerprint density at radius 2 is 1.92 bits per heavy atom. The van der Waals surface area contributed by atoms with Crippen LogP contribution < -0.4 is 4.74 Å². The zero-order valence-electron chi connectivity index (χ0n) is 8.25. The smallest absolute Gasteiger partial charge is 0.122 e. The van der Waals surface area contributed by atoms with Gasteiger partial charge in [-0.1, -0.05) is 18.2 Å². The number of methoxy groups -OCH3 is 1. The van der Waals surface area contributed by atoms with E-state index in [1.165, 1.54) is 5.56 Å². The van der Waals surface area contributed by atoms with Crippen LogP contribution in [0, 0.1) is 6.92 Å². The maximum Gasteiger partial charge on any atom is 0.122 e. The second-order valence-corrected chi connectivity index (χ2v) is 2.96. The maximum absolute atomic E-state index is 5.56. The Kier molecular flexibility index (Phi) is 4.33. The number of rotatable bonds is 5. The Balaban J connectivity index is 2.32. The number of para-hydroxylation sites is 1. The van der Waals surface area contributed by atoms with Gasteiger partial charge in [-0.2, -0.15) is 0 Å². The molecule has 0 aliphatic heterocycles. The van der Waals surface area contributed by atoms with Crippen molar-refractivity contribution in [1.82, 2.24) is 0 Å². The van der Waals surface area contributed by atoms with Gasteiger partial charge in [0, 0.05) is 20.1 Å². The summed E-state index contributed by atoms with van der Waals surface area (Å²) in [6.45, 7) is 3.52. The minimum atomic E-state index is 0.721. The minimum Gasteiger partial charge on any atom is -0.493 e. The monoisotopic (exact) mass is 180 g/mol. The van der Waals surface area contributed by atoms with Crippen LogP contribution in [0.3, 0.4) is 0 Å². The van der Waals surface area contributed by atoms with Crippen LogP contribution >= 0.6 is 0 Å². The van der Waals surface area contributed by atoms with E-state index in [4.69, 9.17) is 9.47 Å². The normalized spacial score (nSPS) is 10.0. The third-order valence-electron chi connectivity index (χ3n) is 1.84. The van der Waals surface area contributed by atoms with Gasteiger partial charge in [0.05, 0.1) is 6.61 Å². The molecule has 0 amide bonds. The highest BCUT2D eigenvalue weighted by Crippen LogP contribution is 2.15. The van der Waals surface area contributed by atoms with Crippen LogP contribution in [0.15, 0.2) is 24.3 Å². The van der Waals surface area contributed by atoms with Crippen molar-refractivity contribution in [3.8, 4) is 5.75 Å². The lowest BCUT2D eigenvalue weighted by Crippen LogP contribution is -2.02. The third-order valence-corrected chi connectivity index (χ3v) is 1.84. The van der Waals surface area contributed by atoms with E-state index in [2.05, 4.69) is 0 Å². The van der Waals surface area contributed by atoms with Crippen molar-refractivity contribution in [3.05, 3.63) is 29.8 Å². The van der Waals surface area contributed by atoms with Gasteiger partial charge in [0.2, 0.25) is 0 Å². The standard InChI is InChI=1S/C11H16O2/c1-10-6-3-4-7-11(10)13-9-5-8-12-2/h3-4,6-7H,5,8-9H2,1-2H3. The number of aryl methyl sites for hydroxylation is 1. The van der Waals surface area contributed by atoms with E-state index in [9.17, 15) is 0 Å². The Morgan fingerprint density at radius 3 is 2.62 bits per heavy atom. The average molecular weight is 180 g/mol. The summed E-state index contributed by atoms with van der Waals surface area (Å²) in [6.07, 6.45) is 0.935. The number of hydrogen-bond acceptors (Lipinski definition) is 2. The van der Waals surface area contributed by atoms with Gasteiger partial charge in [0.25, 0.3) is 0 Å². The lowest BCUT2D eigenvalue weighted by molar-refractivity contribution is 0.172. The molecule has 0 radical (unpaired) electrons. The highest BCUT2D eigenvalue weighted by atomic mass is 16.5. The van der Waals surface area contributed by atoms with Gasteiger partial charge in [-0.3, -0.25) is 0 Å². The van der Waals surface area contributed by atoms with E-state index >= 15 is 0 Å². The second kappa shape index (κ2) is 5.60. The Hall–Kier alpha value is -1.02. The van der Waals surface area contributed by atoms with E-state index in [0.717, 1.165) is 25.4 Å². The van der Waals surface area contributed by atoms with Crippen molar-refractivity contribution in [2.24, 2.45) is 0 Å². The SMILES string of the molecule is COCCCOc1ccccc1C. The Labute approximate surface area is 79.5 Å². The van der Waals surface area contributed by atoms with Crippen molar-refractivity contribution in [2.45, 2.75) is 13.3 Å². The molecule has 0 fully saturated rings. The van der Waals surface area contributed by atoms with Crippen LogP contribution in [0.25, 0.3) is 0 Å². The molecule has 2 nitrogen and oxygen atoms in total. The number of hydrogen-bond donors (Lipinski definition) is 0. The molecule has 1 aromatic carbocycles. The molecular weight excluding hydrogens is 164 g/mol. The fraction of sp³-hybridized carbons (Fsp3) is 0.455. The molecule has 1 rings (SSSR count). The molecule has 0 saturated carbocycles. The molecule has 0 aliphatic carbocycles. The van der Waals surface area contributed by atoms with Crippen LogP contribution in [-0.4, -0.2) is 20.3 Å². The van der Waals surface area contributed by atoms with Crippen molar-refractivity contribution in [2.75, 3.05) is 20.3 Å². The molecule has 0 spiro atoms. The van der Waals surface area contributed by atoms with Gasteiger partial charge in [0.15, 0.2) is 0 Å². The summed E-state index contributed by atoms with van der Waals surface area (Å²) in [7, 11) is 1.70. The Morgan fingerprint density at radius 1 is 1.15 bits per heavy atom. The van der Waals surface area contributed by atoms with Crippen LogP contribution in [0.4, 0.5) is 0 Å². The second-order valence-electron chi connectivity index (χ2n) is 2.96. The first kappa shape index (κ1) is 10.1. The first-order valence-corrected chi connectivity index (χ1v) is 4.52. The Bertz CT molecular complexity index is 246. The predicted octanol–water partition coefficient (Wildman–Crippen LogP) is 2.41. The summed E-state index contributed by atoms with van der Waals surface area (Å²) in [5, 5.41) is 0. The summed E-state index contributed by atoms with van der Waals surface area (Å²) < 4.78 is 10.5. The molecule has 0 aliphatic rings. The molecule has 2 heteroatoms. The van der Waals surface area contributed by atoms with Gasteiger partial charge in [-0.05, 0) is 18.6 Å². The van der Waals surface area contributed by atoms with Crippen molar-refractivity contribution in [3.63, 3.8) is 0 Å². The molecule has 72 valence electrons. The molecule has 0 heterocycles. The first-order chi connectivity index (χ1) is 6.34. The molecule has 13 heavy (non-hydrogen) atoms. The summed E-state index contributed by atoms with van der Waals surface area (Å²) in [4.78, 5) is 0. The fourth-order valence-corrected chi connectivity index (χ4v) is 1.10. The lowest BCUT2D eigenvalue weighted by atomic mass is 10.2. The summed E-state index contributed by atoms with van der Waals surface area (Å²) in [5.41, 5.74) is 1.18. The largest absolute Gasteiger partial charge is 0.493 e. The van der Waals surface area contributed by atoms with Gasteiger partial charge >= 0.3 is 0 Å². The third kappa shape index (κ3) is 3.47. The van der Waals surface area contributed by atoms with E-state index in [1.807, 2.05) is 31.2 Å². The van der Waals surface area contributed by atoms with E-state index in [-0.39, 0.29) is 0 Å². The topological polar surface area (TPSA) is 18.5 Å². The molecule has 0 unspecified atom stereocenters. The average Bonchev–Trinajstić information content (AvgIpc) is 2.15. The predicted molar refractivity (Wildman–Crippen MR) is 53.2 cm³/mol. The highest BCUT2D eigenvalue weighted by Gasteiger charge is 1.96. The van der Waals surface area contributed by atoms with Gasteiger partial charge in [-0.15, -0.1) is 0 Å². The highest BCUT2D eigenvalue weighted by molar-refractivity contribution is 5.31. The molecule has 0 N–H and O–H groups in total. The van der Waals surface area contributed by atoms with Crippen molar-refractivity contribution >= 4 is 0 Å². The quantitative estimate of drug-likeness (QED) is 0.648. The molecule has 0 atom stereocenters. The van der Waals surface area contributed by atoms with Crippen molar-refractivity contribution < 1.29 is 9.47 Å². The molecule has 0 aromatic heterocycles.